The molecule has 0 saturated carbocycles. The summed E-state index contributed by atoms with van der Waals surface area (Å²) < 4.78 is 28.3. The zero-order valence-electron chi connectivity index (χ0n) is 11.8. The highest BCUT2D eigenvalue weighted by molar-refractivity contribution is 9.10. The molecule has 0 bridgehead atoms. The number of carbonyl (C=O) groups is 1. The van der Waals surface area contributed by atoms with Crippen LogP contribution in [0.25, 0.3) is 11.4 Å². The fourth-order valence-electron chi connectivity index (χ4n) is 1.62. The second-order valence-corrected chi connectivity index (χ2v) is 5.19. The highest BCUT2D eigenvalue weighted by Gasteiger charge is 2.21. The number of methoxy groups -OCH3 is 2. The van der Waals surface area contributed by atoms with Crippen molar-refractivity contribution < 1.29 is 28.5 Å². The van der Waals surface area contributed by atoms with E-state index in [4.69, 9.17) is 21.1 Å². The number of hydrogen-bond acceptors (Lipinski definition) is 7. The third-order valence-corrected chi connectivity index (χ3v) is 3.64. The summed E-state index contributed by atoms with van der Waals surface area (Å²) in [5.41, 5.74) is -0.108. The van der Waals surface area contributed by atoms with E-state index in [0.717, 1.165) is 7.11 Å². The number of halogens is 3. The molecule has 122 valence electrons. The molecule has 0 amide bonds. The lowest BCUT2D eigenvalue weighted by atomic mass is 10.2. The lowest BCUT2D eigenvalue weighted by molar-refractivity contribution is 0.119. The van der Waals surface area contributed by atoms with E-state index in [2.05, 4.69) is 30.6 Å². The predicted octanol–water partition coefficient (Wildman–Crippen LogP) is 3.56. The molecule has 0 saturated heterocycles. The molecule has 0 fully saturated rings. The van der Waals surface area contributed by atoms with Gasteiger partial charge in [0, 0.05) is 0 Å². The molecule has 1 aromatic carbocycles. The third-order valence-electron chi connectivity index (χ3n) is 2.64. The van der Waals surface area contributed by atoms with Gasteiger partial charge in [-0.3, -0.25) is 0 Å². The molecule has 2 rings (SSSR count). The first kappa shape index (κ1) is 17.2. The molecule has 1 aromatic heterocycles. The molecule has 2 aromatic rings. The maximum Gasteiger partial charge on any atom is 0.514 e. The van der Waals surface area contributed by atoms with Gasteiger partial charge >= 0.3 is 6.16 Å². The van der Waals surface area contributed by atoms with Gasteiger partial charge in [-0.25, -0.2) is 9.18 Å². The normalized spacial score (nSPS) is 10.3. The van der Waals surface area contributed by atoms with Crippen molar-refractivity contribution in [2.75, 3.05) is 14.2 Å². The van der Waals surface area contributed by atoms with Crippen molar-refractivity contribution in [3.05, 3.63) is 27.4 Å². The summed E-state index contributed by atoms with van der Waals surface area (Å²) in [6, 6.07) is 2.67. The second-order valence-electron chi connectivity index (χ2n) is 3.99. The number of ether oxygens (including phenoxy) is 3. The smallest absolute Gasteiger partial charge is 0.492 e. The second kappa shape index (κ2) is 6.97. The van der Waals surface area contributed by atoms with Crippen molar-refractivity contribution >= 4 is 33.7 Å². The van der Waals surface area contributed by atoms with E-state index in [-0.39, 0.29) is 32.5 Å². The molecule has 0 spiro atoms. The number of hydrogen-bond donors (Lipinski definition) is 1. The van der Waals surface area contributed by atoms with Crippen molar-refractivity contribution in [3.8, 4) is 28.9 Å². The molecule has 0 radical (unpaired) electrons. The van der Waals surface area contributed by atoms with Gasteiger partial charge in [-0.1, -0.05) is 11.6 Å². The van der Waals surface area contributed by atoms with Crippen LogP contribution in [0.15, 0.2) is 16.6 Å². The van der Waals surface area contributed by atoms with Crippen LogP contribution in [0.2, 0.25) is 5.02 Å². The van der Waals surface area contributed by atoms with Crippen molar-refractivity contribution in [1.29, 1.82) is 0 Å². The third kappa shape index (κ3) is 3.45. The maximum absolute atomic E-state index is 14.4. The SMILES string of the molecule is COC(=O)Oc1nc(-c2ccc(Cl)c(OC)c2F)nc(O)c1Br. The first-order valence-corrected chi connectivity index (χ1v) is 7.10. The minimum absolute atomic E-state index is 0.0566. The van der Waals surface area contributed by atoms with Gasteiger partial charge in [0.2, 0.25) is 11.8 Å². The lowest BCUT2D eigenvalue weighted by Gasteiger charge is -2.10. The van der Waals surface area contributed by atoms with Crippen LogP contribution in [-0.4, -0.2) is 35.4 Å². The van der Waals surface area contributed by atoms with Crippen LogP contribution in [0.1, 0.15) is 0 Å². The summed E-state index contributed by atoms with van der Waals surface area (Å²) in [5.74, 6) is -2.16. The predicted molar refractivity (Wildman–Crippen MR) is 81.4 cm³/mol. The van der Waals surface area contributed by atoms with E-state index >= 15 is 0 Å². The molecule has 1 N–H and O–H groups in total. The minimum Gasteiger partial charge on any atom is -0.492 e. The minimum atomic E-state index is -1.07. The van der Waals surface area contributed by atoms with E-state index in [0.29, 0.717) is 0 Å². The molecule has 0 aliphatic heterocycles. The molecule has 10 heteroatoms. The Hall–Kier alpha value is -2.13. The molecule has 0 atom stereocenters. The van der Waals surface area contributed by atoms with Gasteiger partial charge in [-0.15, -0.1) is 0 Å². The highest BCUT2D eigenvalue weighted by atomic mass is 79.9. The quantitative estimate of drug-likeness (QED) is 0.778. The molecular weight excluding hydrogens is 399 g/mol. The number of nitrogens with zero attached hydrogens (tertiary/aromatic N) is 2. The number of aromatic nitrogens is 2. The monoisotopic (exact) mass is 406 g/mol. The van der Waals surface area contributed by atoms with Crippen molar-refractivity contribution in [1.82, 2.24) is 9.97 Å². The Labute approximate surface area is 143 Å². The molecule has 0 aliphatic carbocycles. The van der Waals surface area contributed by atoms with Gasteiger partial charge in [0.05, 0.1) is 24.8 Å². The summed E-state index contributed by atoms with van der Waals surface area (Å²) >= 11 is 8.77. The van der Waals surface area contributed by atoms with Crippen LogP contribution in [0.3, 0.4) is 0 Å². The fraction of sp³-hybridized carbons (Fsp3) is 0.154. The topological polar surface area (TPSA) is 90.8 Å². The Morgan fingerprint density at radius 1 is 1.35 bits per heavy atom. The van der Waals surface area contributed by atoms with Gasteiger partial charge in [0.15, 0.2) is 17.4 Å². The van der Waals surface area contributed by atoms with E-state index < -0.39 is 17.9 Å². The average molecular weight is 408 g/mol. The Balaban J connectivity index is 2.59. The van der Waals surface area contributed by atoms with Crippen LogP contribution in [0.4, 0.5) is 9.18 Å². The van der Waals surface area contributed by atoms with Crippen molar-refractivity contribution in [2.24, 2.45) is 0 Å². The van der Waals surface area contributed by atoms with Crippen LogP contribution >= 0.6 is 27.5 Å². The van der Waals surface area contributed by atoms with Gasteiger partial charge < -0.3 is 19.3 Å². The Morgan fingerprint density at radius 3 is 2.65 bits per heavy atom. The highest BCUT2D eigenvalue weighted by Crippen LogP contribution is 2.37. The van der Waals surface area contributed by atoms with Crippen LogP contribution < -0.4 is 9.47 Å². The fourth-order valence-corrected chi connectivity index (χ4v) is 2.10. The Bertz CT molecular complexity index is 775. The van der Waals surface area contributed by atoms with Crippen LogP contribution in [-0.2, 0) is 4.74 Å². The number of rotatable bonds is 3. The Morgan fingerprint density at radius 2 is 2.04 bits per heavy atom. The largest absolute Gasteiger partial charge is 0.514 e. The summed E-state index contributed by atoms with van der Waals surface area (Å²) in [6.07, 6.45) is -1.07. The molecule has 0 aliphatic rings. The van der Waals surface area contributed by atoms with Crippen LogP contribution in [0.5, 0.6) is 17.5 Å². The van der Waals surface area contributed by atoms with Crippen LogP contribution in [0, 0.1) is 5.82 Å². The molecule has 0 unspecified atom stereocenters. The van der Waals surface area contributed by atoms with Crippen molar-refractivity contribution in [2.45, 2.75) is 0 Å². The van der Waals surface area contributed by atoms with Crippen molar-refractivity contribution in [3.63, 3.8) is 0 Å². The zero-order valence-corrected chi connectivity index (χ0v) is 14.1. The lowest BCUT2D eigenvalue weighted by Crippen LogP contribution is -2.10. The van der Waals surface area contributed by atoms with E-state index in [1.165, 1.54) is 19.2 Å². The Kier molecular flexibility index (Phi) is 5.22. The average Bonchev–Trinajstić information content (AvgIpc) is 2.52. The van der Waals surface area contributed by atoms with E-state index in [9.17, 15) is 14.3 Å². The summed E-state index contributed by atoms with van der Waals surface area (Å²) in [5, 5.41) is 9.85. The first-order chi connectivity index (χ1) is 10.9. The molecule has 7 nitrogen and oxygen atoms in total. The van der Waals surface area contributed by atoms with Gasteiger partial charge in [-0.05, 0) is 28.1 Å². The number of benzene rings is 1. The van der Waals surface area contributed by atoms with Gasteiger partial charge in [-0.2, -0.15) is 9.97 Å². The van der Waals surface area contributed by atoms with Gasteiger partial charge in [0.25, 0.3) is 0 Å². The van der Waals surface area contributed by atoms with Gasteiger partial charge in [0.1, 0.15) is 4.47 Å². The van der Waals surface area contributed by atoms with E-state index in [1.54, 1.807) is 0 Å². The molecule has 23 heavy (non-hydrogen) atoms. The first-order valence-electron chi connectivity index (χ1n) is 5.93. The summed E-state index contributed by atoms with van der Waals surface area (Å²) in [4.78, 5) is 18.8. The van der Waals surface area contributed by atoms with E-state index in [1.807, 2.05) is 0 Å². The summed E-state index contributed by atoms with van der Waals surface area (Å²) in [6.45, 7) is 0. The standard InChI is InChI=1S/C13H9BrClFN2O5/c1-21-9-6(15)4-3-5(8(9)16)10-17-11(19)7(14)12(18-10)23-13(20)22-2/h3-4H,1-2H3,(H,17,18,19). The number of carbonyl (C=O) groups excluding carboxylic acids is 1. The summed E-state index contributed by atoms with van der Waals surface area (Å²) in [7, 11) is 2.35. The number of aromatic hydroxyl groups is 1. The zero-order chi connectivity index (χ0) is 17.1. The molecule has 1 heterocycles. The maximum atomic E-state index is 14.4. The molecular formula is C13H9BrClFN2O5.